The second-order valence-electron chi connectivity index (χ2n) is 5.08. The van der Waals surface area contributed by atoms with Crippen molar-refractivity contribution in [2.45, 2.75) is 31.7 Å². The molecule has 1 amide bonds. The minimum absolute atomic E-state index is 0.0192. The van der Waals surface area contributed by atoms with Crippen molar-refractivity contribution in [1.29, 1.82) is 0 Å². The van der Waals surface area contributed by atoms with Gasteiger partial charge in [0.25, 0.3) is 11.6 Å². The highest BCUT2D eigenvalue weighted by atomic mass is 19.1. The average molecular weight is 296 g/mol. The molecule has 21 heavy (non-hydrogen) atoms. The van der Waals surface area contributed by atoms with Gasteiger partial charge in [-0.1, -0.05) is 12.8 Å². The van der Waals surface area contributed by atoms with Crippen LogP contribution in [-0.2, 0) is 0 Å². The van der Waals surface area contributed by atoms with E-state index in [4.69, 9.17) is 5.11 Å². The van der Waals surface area contributed by atoms with E-state index in [-0.39, 0.29) is 24.8 Å². The Morgan fingerprint density at radius 1 is 1.43 bits per heavy atom. The van der Waals surface area contributed by atoms with Crippen LogP contribution in [0.5, 0.6) is 0 Å². The molecule has 0 aromatic heterocycles. The van der Waals surface area contributed by atoms with Gasteiger partial charge in [0.15, 0.2) is 0 Å². The number of carbonyl (C=O) groups excluding carboxylic acids is 1. The highest BCUT2D eigenvalue weighted by Gasteiger charge is 2.31. The molecule has 1 fully saturated rings. The summed E-state index contributed by atoms with van der Waals surface area (Å²) in [5, 5.41) is 20.1. The molecule has 0 bridgehead atoms. The lowest BCUT2D eigenvalue weighted by Gasteiger charge is -2.28. The Hall–Kier alpha value is -2.02. The maximum absolute atomic E-state index is 13.2. The van der Waals surface area contributed by atoms with Crippen molar-refractivity contribution in [2.24, 2.45) is 0 Å². The Morgan fingerprint density at radius 3 is 2.67 bits per heavy atom. The van der Waals surface area contributed by atoms with Crippen molar-refractivity contribution >= 4 is 11.6 Å². The van der Waals surface area contributed by atoms with Crippen molar-refractivity contribution in [2.75, 3.05) is 13.2 Å². The van der Waals surface area contributed by atoms with Crippen LogP contribution in [0.25, 0.3) is 0 Å². The number of rotatable bonds is 5. The summed E-state index contributed by atoms with van der Waals surface area (Å²) in [4.78, 5) is 24.2. The smallest absolute Gasteiger partial charge is 0.285 e. The molecule has 0 spiro atoms. The molecule has 0 heterocycles. The first kappa shape index (κ1) is 15.4. The molecular weight excluding hydrogens is 279 g/mol. The molecular formula is C14H17FN2O4. The fraction of sp³-hybridized carbons (Fsp3) is 0.500. The van der Waals surface area contributed by atoms with Crippen LogP contribution >= 0.6 is 0 Å². The molecule has 6 nitrogen and oxygen atoms in total. The second-order valence-corrected chi connectivity index (χ2v) is 5.08. The Labute approximate surface area is 121 Å². The van der Waals surface area contributed by atoms with Crippen LogP contribution in [0.2, 0.25) is 0 Å². The van der Waals surface area contributed by atoms with Crippen LogP contribution in [0.15, 0.2) is 18.2 Å². The van der Waals surface area contributed by atoms with Gasteiger partial charge in [0.2, 0.25) is 0 Å². The topological polar surface area (TPSA) is 83.7 Å². The fourth-order valence-electron chi connectivity index (χ4n) is 2.77. The molecule has 0 radical (unpaired) electrons. The number of hydrogen-bond acceptors (Lipinski definition) is 4. The largest absolute Gasteiger partial charge is 0.395 e. The highest BCUT2D eigenvalue weighted by molar-refractivity contribution is 5.98. The van der Waals surface area contributed by atoms with Crippen molar-refractivity contribution in [3.05, 3.63) is 39.7 Å². The number of nitrogens with zero attached hydrogens (tertiary/aromatic N) is 2. The van der Waals surface area contributed by atoms with Crippen LogP contribution < -0.4 is 0 Å². The first-order valence-corrected chi connectivity index (χ1v) is 6.90. The third kappa shape index (κ3) is 3.36. The Bertz CT molecular complexity index is 544. The Balaban J connectivity index is 2.34. The van der Waals surface area contributed by atoms with E-state index in [1.54, 1.807) is 0 Å². The summed E-state index contributed by atoms with van der Waals surface area (Å²) in [5.74, 6) is -1.28. The molecule has 0 unspecified atom stereocenters. The van der Waals surface area contributed by atoms with E-state index < -0.39 is 22.3 Å². The summed E-state index contributed by atoms with van der Waals surface area (Å²) in [5.41, 5.74) is -0.678. The normalized spacial score (nSPS) is 15.1. The molecule has 1 aromatic carbocycles. The lowest BCUT2D eigenvalue weighted by molar-refractivity contribution is -0.385. The van der Waals surface area contributed by atoms with E-state index >= 15 is 0 Å². The summed E-state index contributed by atoms with van der Waals surface area (Å²) in [7, 11) is 0. The summed E-state index contributed by atoms with van der Waals surface area (Å²) in [6.45, 7) is -0.0880. The zero-order valence-electron chi connectivity index (χ0n) is 11.5. The summed E-state index contributed by atoms with van der Waals surface area (Å²) in [6, 6.07) is 2.90. The van der Waals surface area contributed by atoms with Gasteiger partial charge in [-0.25, -0.2) is 4.39 Å². The summed E-state index contributed by atoms with van der Waals surface area (Å²) < 4.78 is 13.2. The molecule has 1 aliphatic rings. The van der Waals surface area contributed by atoms with E-state index in [1.165, 1.54) is 4.90 Å². The van der Waals surface area contributed by atoms with Crippen LogP contribution in [-0.4, -0.2) is 40.0 Å². The monoisotopic (exact) mass is 296 g/mol. The van der Waals surface area contributed by atoms with Crippen molar-refractivity contribution in [3.63, 3.8) is 0 Å². The van der Waals surface area contributed by atoms with Gasteiger partial charge in [-0.2, -0.15) is 0 Å². The van der Waals surface area contributed by atoms with Gasteiger partial charge in [-0.05, 0) is 25.0 Å². The third-order valence-electron chi connectivity index (χ3n) is 3.75. The van der Waals surface area contributed by atoms with Crippen LogP contribution in [0.4, 0.5) is 10.1 Å². The molecule has 0 saturated heterocycles. The van der Waals surface area contributed by atoms with Gasteiger partial charge in [-0.3, -0.25) is 14.9 Å². The first-order valence-electron chi connectivity index (χ1n) is 6.90. The number of carbonyl (C=O) groups is 1. The molecule has 2 rings (SSSR count). The van der Waals surface area contributed by atoms with Gasteiger partial charge in [0.05, 0.1) is 17.6 Å². The maximum Gasteiger partial charge on any atom is 0.285 e. The van der Waals surface area contributed by atoms with Gasteiger partial charge < -0.3 is 10.0 Å². The van der Waals surface area contributed by atoms with Crippen LogP contribution in [0, 0.1) is 15.9 Å². The summed E-state index contributed by atoms with van der Waals surface area (Å²) in [6.07, 6.45) is 3.62. The van der Waals surface area contributed by atoms with Gasteiger partial charge in [0, 0.05) is 12.6 Å². The SMILES string of the molecule is O=C(c1ccc(F)cc1[N+](=O)[O-])N(CCO)C1CCCC1. The predicted molar refractivity (Wildman–Crippen MR) is 73.4 cm³/mol. The maximum atomic E-state index is 13.2. The minimum atomic E-state index is -0.762. The molecule has 114 valence electrons. The molecule has 7 heteroatoms. The van der Waals surface area contributed by atoms with E-state index in [0.29, 0.717) is 0 Å². The number of aliphatic hydroxyl groups excluding tert-OH is 1. The quantitative estimate of drug-likeness (QED) is 0.666. The van der Waals surface area contributed by atoms with Crippen LogP contribution in [0.3, 0.4) is 0 Å². The van der Waals surface area contributed by atoms with E-state index in [1.807, 2.05) is 0 Å². The van der Waals surface area contributed by atoms with Crippen molar-refractivity contribution < 1.29 is 19.2 Å². The number of aliphatic hydroxyl groups is 1. The lowest BCUT2D eigenvalue weighted by atomic mass is 10.1. The predicted octanol–water partition coefficient (Wildman–Crippen LogP) is 2.11. The second kappa shape index (κ2) is 6.62. The number of hydrogen-bond donors (Lipinski definition) is 1. The molecule has 0 aliphatic heterocycles. The highest BCUT2D eigenvalue weighted by Crippen LogP contribution is 2.27. The number of halogens is 1. The minimum Gasteiger partial charge on any atom is -0.395 e. The van der Waals surface area contributed by atoms with Crippen molar-refractivity contribution in [1.82, 2.24) is 4.90 Å². The lowest BCUT2D eigenvalue weighted by Crippen LogP contribution is -2.41. The molecule has 1 aromatic rings. The average Bonchev–Trinajstić information content (AvgIpc) is 2.97. The number of nitro groups is 1. The van der Waals surface area contributed by atoms with E-state index in [9.17, 15) is 19.3 Å². The molecule has 1 N–H and O–H groups in total. The fourth-order valence-corrected chi connectivity index (χ4v) is 2.77. The molecule has 0 atom stereocenters. The van der Waals surface area contributed by atoms with Gasteiger partial charge in [0.1, 0.15) is 11.4 Å². The summed E-state index contributed by atoms with van der Waals surface area (Å²) >= 11 is 0. The number of benzene rings is 1. The first-order chi connectivity index (χ1) is 10.0. The number of nitro benzene ring substituents is 1. The molecule has 1 saturated carbocycles. The van der Waals surface area contributed by atoms with E-state index in [2.05, 4.69) is 0 Å². The zero-order valence-corrected chi connectivity index (χ0v) is 11.5. The number of amides is 1. The molecule has 1 aliphatic carbocycles. The van der Waals surface area contributed by atoms with E-state index in [0.717, 1.165) is 43.9 Å². The van der Waals surface area contributed by atoms with Gasteiger partial charge >= 0.3 is 0 Å². The van der Waals surface area contributed by atoms with Crippen molar-refractivity contribution in [3.8, 4) is 0 Å². The standard InChI is InChI=1S/C14H17FN2O4/c15-10-5-6-12(13(9-10)17(20)21)14(19)16(7-8-18)11-3-1-2-4-11/h5-6,9,11,18H,1-4,7-8H2. The van der Waals surface area contributed by atoms with Crippen LogP contribution in [0.1, 0.15) is 36.0 Å². The zero-order chi connectivity index (χ0) is 15.4. The third-order valence-corrected chi connectivity index (χ3v) is 3.75. The Kier molecular flexibility index (Phi) is 4.85. The van der Waals surface area contributed by atoms with Gasteiger partial charge in [-0.15, -0.1) is 0 Å². The Morgan fingerprint density at radius 2 is 2.10 bits per heavy atom.